The van der Waals surface area contributed by atoms with Crippen molar-refractivity contribution in [2.45, 2.75) is 25.7 Å². The van der Waals surface area contributed by atoms with Gasteiger partial charge in [0.15, 0.2) is 0 Å². The highest BCUT2D eigenvalue weighted by Crippen LogP contribution is 2.38. The SMILES string of the molecule is CCS(=O)CCNc1cc(Cl)nc(C2CC2)n1. The van der Waals surface area contributed by atoms with Crippen LogP contribution in [0.4, 0.5) is 5.82 Å². The molecule has 4 nitrogen and oxygen atoms in total. The standard InChI is InChI=1S/C11H16ClN3OS/c1-2-17(16)6-5-13-10-7-9(12)14-11(15-10)8-3-4-8/h7-8H,2-6H2,1H3,(H,13,14,15). The summed E-state index contributed by atoms with van der Waals surface area (Å²) < 4.78 is 11.3. The molecule has 1 unspecified atom stereocenters. The molecule has 0 spiro atoms. The zero-order valence-electron chi connectivity index (χ0n) is 9.78. The predicted molar refractivity (Wildman–Crippen MR) is 71.1 cm³/mol. The normalized spacial score (nSPS) is 16.8. The lowest BCUT2D eigenvalue weighted by Crippen LogP contribution is -2.13. The molecule has 0 aromatic carbocycles. The summed E-state index contributed by atoms with van der Waals surface area (Å²) in [6, 6.07) is 1.71. The average Bonchev–Trinajstić information content (AvgIpc) is 3.12. The highest BCUT2D eigenvalue weighted by molar-refractivity contribution is 7.84. The van der Waals surface area contributed by atoms with Crippen molar-refractivity contribution in [3.63, 3.8) is 0 Å². The molecule has 1 aliphatic rings. The molecule has 1 N–H and O–H groups in total. The van der Waals surface area contributed by atoms with Gasteiger partial charge >= 0.3 is 0 Å². The van der Waals surface area contributed by atoms with E-state index in [-0.39, 0.29) is 0 Å². The number of hydrogen-bond donors (Lipinski definition) is 1. The number of halogens is 1. The Morgan fingerprint density at radius 3 is 2.94 bits per heavy atom. The Morgan fingerprint density at radius 2 is 2.29 bits per heavy atom. The highest BCUT2D eigenvalue weighted by Gasteiger charge is 2.27. The molecule has 17 heavy (non-hydrogen) atoms. The Bertz CT molecular complexity index is 423. The number of rotatable bonds is 6. The minimum absolute atomic E-state index is 0.473. The smallest absolute Gasteiger partial charge is 0.135 e. The first kappa shape index (κ1) is 12.8. The number of aromatic nitrogens is 2. The molecule has 1 atom stereocenters. The minimum Gasteiger partial charge on any atom is -0.369 e. The van der Waals surface area contributed by atoms with Crippen LogP contribution in [0.1, 0.15) is 31.5 Å². The fourth-order valence-corrected chi connectivity index (χ4v) is 2.30. The molecule has 1 aromatic rings. The first-order valence-corrected chi connectivity index (χ1v) is 7.69. The van der Waals surface area contributed by atoms with E-state index in [1.165, 1.54) is 0 Å². The van der Waals surface area contributed by atoms with Crippen LogP contribution in [-0.4, -0.2) is 32.2 Å². The summed E-state index contributed by atoms with van der Waals surface area (Å²) in [6.45, 7) is 2.57. The summed E-state index contributed by atoms with van der Waals surface area (Å²) in [5.41, 5.74) is 0. The summed E-state index contributed by atoms with van der Waals surface area (Å²) in [7, 11) is -0.747. The van der Waals surface area contributed by atoms with Gasteiger partial charge in [0.05, 0.1) is 0 Å². The number of hydrogen-bond acceptors (Lipinski definition) is 4. The van der Waals surface area contributed by atoms with Gasteiger partial charge in [-0.25, -0.2) is 9.97 Å². The third-order valence-corrected chi connectivity index (χ3v) is 4.11. The quantitative estimate of drug-likeness (QED) is 0.808. The minimum atomic E-state index is -0.747. The monoisotopic (exact) mass is 273 g/mol. The van der Waals surface area contributed by atoms with Gasteiger partial charge in [-0.3, -0.25) is 4.21 Å². The van der Waals surface area contributed by atoms with E-state index in [0.717, 1.165) is 24.5 Å². The van der Waals surface area contributed by atoms with E-state index in [4.69, 9.17) is 11.6 Å². The lowest BCUT2D eigenvalue weighted by Gasteiger charge is -2.07. The largest absolute Gasteiger partial charge is 0.369 e. The lowest BCUT2D eigenvalue weighted by molar-refractivity contribution is 0.684. The Balaban J connectivity index is 1.93. The summed E-state index contributed by atoms with van der Waals surface area (Å²) >= 11 is 5.94. The van der Waals surface area contributed by atoms with Crippen LogP contribution in [0.5, 0.6) is 0 Å². The van der Waals surface area contributed by atoms with Crippen molar-refractivity contribution in [2.24, 2.45) is 0 Å². The second-order valence-corrected chi connectivity index (χ2v) is 6.32. The van der Waals surface area contributed by atoms with Crippen LogP contribution in [0.15, 0.2) is 6.07 Å². The molecular formula is C11H16ClN3OS. The molecule has 0 bridgehead atoms. The Kier molecular flexibility index (Phi) is 4.34. The zero-order chi connectivity index (χ0) is 12.3. The molecular weight excluding hydrogens is 258 g/mol. The molecule has 1 aromatic heterocycles. The fourth-order valence-electron chi connectivity index (χ4n) is 1.49. The molecule has 0 amide bonds. The van der Waals surface area contributed by atoms with Crippen molar-refractivity contribution in [1.82, 2.24) is 9.97 Å². The Hall–Kier alpha value is -0.680. The van der Waals surface area contributed by atoms with E-state index < -0.39 is 10.8 Å². The van der Waals surface area contributed by atoms with Crippen LogP contribution in [0.3, 0.4) is 0 Å². The van der Waals surface area contributed by atoms with E-state index >= 15 is 0 Å². The van der Waals surface area contributed by atoms with E-state index in [2.05, 4.69) is 15.3 Å². The highest BCUT2D eigenvalue weighted by atomic mass is 35.5. The van der Waals surface area contributed by atoms with Crippen LogP contribution in [-0.2, 0) is 10.8 Å². The van der Waals surface area contributed by atoms with Crippen molar-refractivity contribution < 1.29 is 4.21 Å². The van der Waals surface area contributed by atoms with Crippen LogP contribution < -0.4 is 5.32 Å². The maximum Gasteiger partial charge on any atom is 0.135 e. The molecule has 1 saturated carbocycles. The van der Waals surface area contributed by atoms with Gasteiger partial charge in [0.25, 0.3) is 0 Å². The summed E-state index contributed by atoms with van der Waals surface area (Å²) in [6.07, 6.45) is 2.30. The third kappa shape index (κ3) is 3.92. The lowest BCUT2D eigenvalue weighted by atomic mass is 10.4. The van der Waals surface area contributed by atoms with Gasteiger partial charge in [0.1, 0.15) is 16.8 Å². The number of anilines is 1. The van der Waals surface area contributed by atoms with Crippen molar-refractivity contribution in [1.29, 1.82) is 0 Å². The van der Waals surface area contributed by atoms with Crippen molar-refractivity contribution in [3.8, 4) is 0 Å². The van der Waals surface area contributed by atoms with Gasteiger partial charge in [-0.15, -0.1) is 0 Å². The maximum absolute atomic E-state index is 11.3. The van der Waals surface area contributed by atoms with Gasteiger partial charge in [-0.1, -0.05) is 18.5 Å². The molecule has 1 fully saturated rings. The third-order valence-electron chi connectivity index (χ3n) is 2.61. The van der Waals surface area contributed by atoms with E-state index in [1.807, 2.05) is 6.92 Å². The molecule has 1 heterocycles. The van der Waals surface area contributed by atoms with Crippen LogP contribution in [0.2, 0.25) is 5.15 Å². The van der Waals surface area contributed by atoms with Crippen molar-refractivity contribution >= 4 is 28.2 Å². The molecule has 0 aliphatic heterocycles. The van der Waals surface area contributed by atoms with Gasteiger partial charge < -0.3 is 5.32 Å². The second kappa shape index (κ2) is 5.78. The number of nitrogens with zero attached hydrogens (tertiary/aromatic N) is 2. The van der Waals surface area contributed by atoms with Crippen molar-refractivity contribution in [2.75, 3.05) is 23.4 Å². The van der Waals surface area contributed by atoms with Gasteiger partial charge in [-0.05, 0) is 12.8 Å². The zero-order valence-corrected chi connectivity index (χ0v) is 11.4. The van der Waals surface area contributed by atoms with Gasteiger partial charge in [0, 0.05) is 40.8 Å². The summed E-state index contributed by atoms with van der Waals surface area (Å²) in [4.78, 5) is 8.62. The summed E-state index contributed by atoms with van der Waals surface area (Å²) in [5, 5.41) is 3.62. The molecule has 0 saturated heterocycles. The van der Waals surface area contributed by atoms with Crippen LogP contribution >= 0.6 is 11.6 Å². The predicted octanol–water partition coefficient (Wildman–Crippen LogP) is 2.19. The summed E-state index contributed by atoms with van der Waals surface area (Å²) in [5.74, 6) is 3.38. The first-order chi connectivity index (χ1) is 8.19. The Morgan fingerprint density at radius 1 is 1.53 bits per heavy atom. The fraction of sp³-hybridized carbons (Fsp3) is 0.636. The van der Waals surface area contributed by atoms with Crippen LogP contribution in [0.25, 0.3) is 0 Å². The van der Waals surface area contributed by atoms with Gasteiger partial charge in [0.2, 0.25) is 0 Å². The van der Waals surface area contributed by atoms with Gasteiger partial charge in [-0.2, -0.15) is 0 Å². The molecule has 94 valence electrons. The van der Waals surface area contributed by atoms with E-state index in [1.54, 1.807) is 6.07 Å². The topological polar surface area (TPSA) is 54.9 Å². The van der Waals surface area contributed by atoms with Crippen LogP contribution in [0, 0.1) is 0 Å². The molecule has 6 heteroatoms. The maximum atomic E-state index is 11.3. The Labute approximate surface area is 109 Å². The molecule has 1 aliphatic carbocycles. The second-order valence-electron chi connectivity index (χ2n) is 4.07. The van der Waals surface area contributed by atoms with E-state index in [0.29, 0.717) is 29.1 Å². The number of nitrogens with one attached hydrogen (secondary N) is 1. The molecule has 0 radical (unpaired) electrons. The van der Waals surface area contributed by atoms with Crippen molar-refractivity contribution in [3.05, 3.63) is 17.0 Å². The molecule has 2 rings (SSSR count). The first-order valence-electron chi connectivity index (χ1n) is 5.82. The average molecular weight is 274 g/mol. The van der Waals surface area contributed by atoms with E-state index in [9.17, 15) is 4.21 Å².